The SMILES string of the molecule is CCOc1ccc([C@@H](c2nnnn2C(C)C)N2CCN(c3ccccc3)CC2)cc1. The lowest BCUT2D eigenvalue weighted by Gasteiger charge is -2.40. The molecule has 1 fully saturated rings. The van der Waals surface area contributed by atoms with Crippen LogP contribution >= 0.6 is 0 Å². The Bertz CT molecular complexity index is 916. The summed E-state index contributed by atoms with van der Waals surface area (Å²) in [7, 11) is 0. The summed E-state index contributed by atoms with van der Waals surface area (Å²) in [6, 6.07) is 19.2. The third-order valence-corrected chi connectivity index (χ3v) is 5.56. The molecule has 1 aliphatic heterocycles. The minimum atomic E-state index is 0.0102. The maximum atomic E-state index is 5.64. The molecule has 0 saturated carbocycles. The van der Waals surface area contributed by atoms with Crippen LogP contribution in [0.15, 0.2) is 54.6 Å². The molecule has 0 bridgehead atoms. The van der Waals surface area contributed by atoms with Gasteiger partial charge in [0.1, 0.15) is 5.75 Å². The van der Waals surface area contributed by atoms with Crippen LogP contribution in [0.25, 0.3) is 0 Å². The zero-order chi connectivity index (χ0) is 20.9. The molecular weight excluding hydrogens is 376 g/mol. The van der Waals surface area contributed by atoms with E-state index in [-0.39, 0.29) is 12.1 Å². The summed E-state index contributed by atoms with van der Waals surface area (Å²) in [6.45, 7) is 10.7. The van der Waals surface area contributed by atoms with Crippen molar-refractivity contribution in [2.75, 3.05) is 37.7 Å². The molecule has 0 amide bonds. The van der Waals surface area contributed by atoms with E-state index in [1.807, 2.05) is 23.7 Å². The molecule has 0 spiro atoms. The highest BCUT2D eigenvalue weighted by Gasteiger charge is 2.31. The molecule has 2 heterocycles. The van der Waals surface area contributed by atoms with Gasteiger partial charge in [0, 0.05) is 31.9 Å². The Morgan fingerprint density at radius 1 is 0.933 bits per heavy atom. The van der Waals surface area contributed by atoms with Crippen LogP contribution in [-0.4, -0.2) is 57.9 Å². The van der Waals surface area contributed by atoms with Crippen LogP contribution in [0.1, 0.15) is 44.2 Å². The first-order valence-corrected chi connectivity index (χ1v) is 10.7. The average molecular weight is 407 g/mol. The first-order valence-electron chi connectivity index (χ1n) is 10.7. The molecule has 1 aliphatic rings. The molecule has 4 rings (SSSR count). The summed E-state index contributed by atoms with van der Waals surface area (Å²) in [4.78, 5) is 4.93. The van der Waals surface area contributed by atoms with E-state index in [9.17, 15) is 0 Å². The number of hydrogen-bond donors (Lipinski definition) is 0. The molecule has 158 valence electrons. The largest absolute Gasteiger partial charge is 0.494 e. The first kappa shape index (κ1) is 20.3. The number of benzene rings is 2. The Labute approximate surface area is 178 Å². The topological polar surface area (TPSA) is 59.3 Å². The van der Waals surface area contributed by atoms with E-state index in [0.29, 0.717) is 6.61 Å². The second kappa shape index (κ2) is 9.26. The van der Waals surface area contributed by atoms with Crippen LogP contribution in [-0.2, 0) is 0 Å². The van der Waals surface area contributed by atoms with Crippen molar-refractivity contribution >= 4 is 5.69 Å². The standard InChI is InChI=1S/C23H30N6O/c1-4-30-21-12-10-19(11-13-21)22(23-24-25-26-29(23)18(2)3)28-16-14-27(15-17-28)20-8-6-5-7-9-20/h5-13,18,22H,4,14-17H2,1-3H3/t22-/m0/s1. The second-order valence-electron chi connectivity index (χ2n) is 7.84. The van der Waals surface area contributed by atoms with Crippen molar-refractivity contribution in [1.29, 1.82) is 0 Å². The van der Waals surface area contributed by atoms with Crippen LogP contribution in [0.4, 0.5) is 5.69 Å². The lowest BCUT2D eigenvalue weighted by atomic mass is 10.0. The highest BCUT2D eigenvalue weighted by atomic mass is 16.5. The van der Waals surface area contributed by atoms with Crippen LogP contribution < -0.4 is 9.64 Å². The maximum absolute atomic E-state index is 5.64. The van der Waals surface area contributed by atoms with Gasteiger partial charge in [-0.2, -0.15) is 0 Å². The Balaban J connectivity index is 1.60. The van der Waals surface area contributed by atoms with Crippen molar-refractivity contribution in [3.8, 4) is 5.75 Å². The Hall–Kier alpha value is -2.93. The van der Waals surface area contributed by atoms with Crippen LogP contribution in [0.5, 0.6) is 5.75 Å². The van der Waals surface area contributed by atoms with E-state index in [1.54, 1.807) is 0 Å². The first-order chi connectivity index (χ1) is 14.7. The van der Waals surface area contributed by atoms with Crippen molar-refractivity contribution in [3.63, 3.8) is 0 Å². The molecule has 7 heteroatoms. The maximum Gasteiger partial charge on any atom is 0.173 e. The molecule has 1 saturated heterocycles. The Morgan fingerprint density at radius 3 is 2.27 bits per heavy atom. The minimum absolute atomic E-state index is 0.0102. The predicted octanol–water partition coefficient (Wildman–Crippen LogP) is 3.56. The van der Waals surface area contributed by atoms with Gasteiger partial charge in [-0.3, -0.25) is 4.90 Å². The van der Waals surface area contributed by atoms with E-state index in [0.717, 1.165) is 37.8 Å². The van der Waals surface area contributed by atoms with Crippen molar-refractivity contribution in [2.24, 2.45) is 0 Å². The molecule has 0 N–H and O–H groups in total. The van der Waals surface area contributed by atoms with Gasteiger partial charge in [-0.1, -0.05) is 30.3 Å². The minimum Gasteiger partial charge on any atom is -0.494 e. The molecule has 30 heavy (non-hydrogen) atoms. The van der Waals surface area contributed by atoms with Gasteiger partial charge in [0.15, 0.2) is 5.82 Å². The number of piperazine rings is 1. The van der Waals surface area contributed by atoms with E-state index in [4.69, 9.17) is 4.74 Å². The molecule has 0 radical (unpaired) electrons. The van der Waals surface area contributed by atoms with E-state index < -0.39 is 0 Å². The summed E-state index contributed by atoms with van der Waals surface area (Å²) in [5.41, 5.74) is 2.46. The third kappa shape index (κ3) is 4.31. The number of ether oxygens (including phenoxy) is 1. The molecule has 1 aromatic heterocycles. The second-order valence-corrected chi connectivity index (χ2v) is 7.84. The zero-order valence-corrected chi connectivity index (χ0v) is 18.0. The van der Waals surface area contributed by atoms with E-state index in [2.05, 4.69) is 81.6 Å². The fraction of sp³-hybridized carbons (Fsp3) is 0.435. The number of nitrogens with zero attached hydrogens (tertiary/aromatic N) is 6. The number of para-hydroxylation sites is 1. The zero-order valence-electron chi connectivity index (χ0n) is 18.0. The number of hydrogen-bond acceptors (Lipinski definition) is 6. The molecule has 0 aliphatic carbocycles. The molecular formula is C23H30N6O. The van der Waals surface area contributed by atoms with Gasteiger partial charge >= 0.3 is 0 Å². The van der Waals surface area contributed by atoms with Crippen LogP contribution in [0.3, 0.4) is 0 Å². The molecule has 3 aromatic rings. The van der Waals surface area contributed by atoms with E-state index in [1.165, 1.54) is 11.3 Å². The van der Waals surface area contributed by atoms with Crippen LogP contribution in [0, 0.1) is 0 Å². The molecule has 2 aromatic carbocycles. The molecule has 1 atom stereocenters. The predicted molar refractivity (Wildman–Crippen MR) is 118 cm³/mol. The van der Waals surface area contributed by atoms with Gasteiger partial charge in [0.25, 0.3) is 0 Å². The van der Waals surface area contributed by atoms with Gasteiger partial charge in [-0.15, -0.1) is 5.10 Å². The van der Waals surface area contributed by atoms with Gasteiger partial charge in [0.05, 0.1) is 18.7 Å². The number of rotatable bonds is 7. The molecule has 7 nitrogen and oxygen atoms in total. The van der Waals surface area contributed by atoms with Crippen molar-refractivity contribution in [1.82, 2.24) is 25.1 Å². The van der Waals surface area contributed by atoms with Gasteiger partial charge in [-0.25, -0.2) is 4.68 Å². The lowest BCUT2D eigenvalue weighted by Crippen LogP contribution is -2.48. The fourth-order valence-electron chi connectivity index (χ4n) is 4.06. The normalized spacial score (nSPS) is 16.1. The number of aromatic nitrogens is 4. The van der Waals surface area contributed by atoms with Crippen molar-refractivity contribution in [2.45, 2.75) is 32.9 Å². The number of anilines is 1. The fourth-order valence-corrected chi connectivity index (χ4v) is 4.06. The van der Waals surface area contributed by atoms with Crippen molar-refractivity contribution in [3.05, 3.63) is 66.0 Å². The van der Waals surface area contributed by atoms with Gasteiger partial charge in [0.2, 0.25) is 0 Å². The highest BCUT2D eigenvalue weighted by molar-refractivity contribution is 5.46. The van der Waals surface area contributed by atoms with E-state index >= 15 is 0 Å². The average Bonchev–Trinajstić information content (AvgIpc) is 3.26. The summed E-state index contributed by atoms with van der Waals surface area (Å²) in [6.07, 6.45) is 0. The number of tetrazole rings is 1. The smallest absolute Gasteiger partial charge is 0.173 e. The van der Waals surface area contributed by atoms with Gasteiger partial charge in [-0.05, 0) is 61.0 Å². The molecule has 0 unspecified atom stereocenters. The third-order valence-electron chi connectivity index (χ3n) is 5.56. The lowest BCUT2D eigenvalue weighted by molar-refractivity contribution is 0.199. The Kier molecular flexibility index (Phi) is 6.28. The summed E-state index contributed by atoms with van der Waals surface area (Å²) < 4.78 is 7.57. The monoisotopic (exact) mass is 406 g/mol. The van der Waals surface area contributed by atoms with Crippen LogP contribution in [0.2, 0.25) is 0 Å². The highest BCUT2D eigenvalue weighted by Crippen LogP contribution is 2.31. The van der Waals surface area contributed by atoms with Crippen molar-refractivity contribution < 1.29 is 4.74 Å². The summed E-state index contributed by atoms with van der Waals surface area (Å²) in [5, 5.41) is 12.7. The Morgan fingerprint density at radius 2 is 1.63 bits per heavy atom. The van der Waals surface area contributed by atoms with Gasteiger partial charge < -0.3 is 9.64 Å². The summed E-state index contributed by atoms with van der Waals surface area (Å²) in [5.74, 6) is 1.78. The summed E-state index contributed by atoms with van der Waals surface area (Å²) >= 11 is 0. The quantitative estimate of drug-likeness (QED) is 0.598.